The largest absolute Gasteiger partial charge is 0.361 e. The van der Waals surface area contributed by atoms with Crippen LogP contribution in [0.4, 0.5) is 0 Å². The van der Waals surface area contributed by atoms with Crippen molar-refractivity contribution in [3.05, 3.63) is 17.0 Å². The second-order valence-corrected chi connectivity index (χ2v) is 4.00. The fourth-order valence-corrected chi connectivity index (χ4v) is 1.57. The van der Waals surface area contributed by atoms with E-state index in [4.69, 9.17) is 16.1 Å². The molecular weight excluding hydrogens is 186 g/mol. The van der Waals surface area contributed by atoms with Gasteiger partial charge in [-0.15, -0.1) is 11.6 Å². The van der Waals surface area contributed by atoms with Crippen LogP contribution in [0, 0.1) is 12.8 Å². The van der Waals surface area contributed by atoms with E-state index in [1.165, 1.54) is 0 Å². The Hall–Kier alpha value is -0.500. The van der Waals surface area contributed by atoms with Gasteiger partial charge >= 0.3 is 0 Å². The van der Waals surface area contributed by atoms with Gasteiger partial charge in [0.05, 0.1) is 11.6 Å². The highest BCUT2D eigenvalue weighted by atomic mass is 35.5. The van der Waals surface area contributed by atoms with Gasteiger partial charge in [0, 0.05) is 12.0 Å². The van der Waals surface area contributed by atoms with Crippen LogP contribution in [0.2, 0.25) is 0 Å². The number of nitrogens with zero attached hydrogens (tertiary/aromatic N) is 1. The lowest BCUT2D eigenvalue weighted by atomic mass is 10.0. The van der Waals surface area contributed by atoms with Crippen LogP contribution in [0.3, 0.4) is 0 Å². The summed E-state index contributed by atoms with van der Waals surface area (Å²) in [4.78, 5) is 0. The first kappa shape index (κ1) is 10.6. The smallest absolute Gasteiger partial charge is 0.141 e. The predicted octanol–water partition coefficient (Wildman–Crippen LogP) is 3.31. The molecule has 3 heteroatoms. The molecule has 0 aliphatic rings. The molecule has 0 saturated carbocycles. The first-order valence-corrected chi connectivity index (χ1v) is 5.18. The summed E-state index contributed by atoms with van der Waals surface area (Å²) < 4.78 is 5.20. The van der Waals surface area contributed by atoms with Crippen LogP contribution in [-0.4, -0.2) is 5.16 Å². The summed E-state index contributed by atoms with van der Waals surface area (Å²) >= 11 is 5.79. The maximum Gasteiger partial charge on any atom is 0.141 e. The first-order chi connectivity index (χ1) is 6.15. The van der Waals surface area contributed by atoms with Crippen molar-refractivity contribution in [1.29, 1.82) is 0 Å². The van der Waals surface area contributed by atoms with Crippen molar-refractivity contribution in [2.75, 3.05) is 0 Å². The van der Waals surface area contributed by atoms with Crippen molar-refractivity contribution in [2.45, 2.75) is 39.5 Å². The minimum absolute atomic E-state index is 0.503. The van der Waals surface area contributed by atoms with Crippen LogP contribution in [0.15, 0.2) is 4.52 Å². The molecule has 0 unspecified atom stereocenters. The van der Waals surface area contributed by atoms with Gasteiger partial charge in [-0.25, -0.2) is 0 Å². The van der Waals surface area contributed by atoms with E-state index in [0.717, 1.165) is 29.9 Å². The molecular formula is C10H16ClNO. The van der Waals surface area contributed by atoms with Gasteiger partial charge in [0.2, 0.25) is 0 Å². The SMILES string of the molecule is Cc1noc(CCC(C)C)c1CCl. The molecule has 0 N–H and O–H groups in total. The van der Waals surface area contributed by atoms with E-state index in [2.05, 4.69) is 19.0 Å². The van der Waals surface area contributed by atoms with Crippen LogP contribution < -0.4 is 0 Å². The monoisotopic (exact) mass is 201 g/mol. The third-order valence-corrected chi connectivity index (χ3v) is 2.42. The average molecular weight is 202 g/mol. The molecule has 0 spiro atoms. The topological polar surface area (TPSA) is 26.0 Å². The number of alkyl halides is 1. The Kier molecular flexibility index (Phi) is 3.79. The summed E-state index contributed by atoms with van der Waals surface area (Å²) in [6.07, 6.45) is 2.07. The van der Waals surface area contributed by atoms with E-state index in [0.29, 0.717) is 11.8 Å². The Morgan fingerprint density at radius 2 is 2.15 bits per heavy atom. The van der Waals surface area contributed by atoms with Crippen LogP contribution >= 0.6 is 11.6 Å². The molecule has 0 aliphatic heterocycles. The summed E-state index contributed by atoms with van der Waals surface area (Å²) in [5, 5.41) is 3.91. The molecule has 0 fully saturated rings. The molecule has 1 heterocycles. The van der Waals surface area contributed by atoms with Gasteiger partial charge in [-0.2, -0.15) is 0 Å². The molecule has 1 aromatic rings. The predicted molar refractivity (Wildman–Crippen MR) is 54.0 cm³/mol. The average Bonchev–Trinajstić information content (AvgIpc) is 2.42. The molecule has 0 amide bonds. The van der Waals surface area contributed by atoms with Gasteiger partial charge in [0.15, 0.2) is 0 Å². The van der Waals surface area contributed by atoms with Crippen LogP contribution in [0.5, 0.6) is 0 Å². The lowest BCUT2D eigenvalue weighted by molar-refractivity contribution is 0.369. The van der Waals surface area contributed by atoms with Gasteiger partial charge in [-0.3, -0.25) is 0 Å². The van der Waals surface area contributed by atoms with Crippen molar-refractivity contribution in [3.8, 4) is 0 Å². The Bertz CT molecular complexity index is 268. The number of halogens is 1. The Morgan fingerprint density at radius 3 is 2.69 bits per heavy atom. The highest BCUT2D eigenvalue weighted by Gasteiger charge is 2.11. The number of hydrogen-bond acceptors (Lipinski definition) is 2. The summed E-state index contributed by atoms with van der Waals surface area (Å²) in [6.45, 7) is 6.33. The van der Waals surface area contributed by atoms with Crippen molar-refractivity contribution in [3.63, 3.8) is 0 Å². The minimum atomic E-state index is 0.503. The van der Waals surface area contributed by atoms with E-state index in [9.17, 15) is 0 Å². The summed E-state index contributed by atoms with van der Waals surface area (Å²) in [7, 11) is 0. The Balaban J connectivity index is 2.65. The molecule has 0 bridgehead atoms. The zero-order valence-electron chi connectivity index (χ0n) is 8.43. The normalized spacial score (nSPS) is 11.2. The minimum Gasteiger partial charge on any atom is -0.361 e. The molecule has 1 rings (SSSR count). The van der Waals surface area contributed by atoms with Crippen molar-refractivity contribution in [2.24, 2.45) is 5.92 Å². The zero-order valence-corrected chi connectivity index (χ0v) is 9.19. The molecule has 0 aliphatic carbocycles. The van der Waals surface area contributed by atoms with Crippen molar-refractivity contribution in [1.82, 2.24) is 5.16 Å². The van der Waals surface area contributed by atoms with E-state index < -0.39 is 0 Å². The molecule has 0 saturated heterocycles. The van der Waals surface area contributed by atoms with Gasteiger partial charge in [-0.1, -0.05) is 19.0 Å². The molecule has 74 valence electrons. The fourth-order valence-electron chi connectivity index (χ4n) is 1.22. The maximum atomic E-state index is 5.79. The summed E-state index contributed by atoms with van der Waals surface area (Å²) in [5.41, 5.74) is 2.00. The van der Waals surface area contributed by atoms with Gasteiger partial charge in [0.25, 0.3) is 0 Å². The number of aromatic nitrogens is 1. The fraction of sp³-hybridized carbons (Fsp3) is 0.700. The Morgan fingerprint density at radius 1 is 1.46 bits per heavy atom. The van der Waals surface area contributed by atoms with Gasteiger partial charge < -0.3 is 4.52 Å². The maximum absolute atomic E-state index is 5.79. The van der Waals surface area contributed by atoms with Gasteiger partial charge in [-0.05, 0) is 19.3 Å². The van der Waals surface area contributed by atoms with E-state index in [1.807, 2.05) is 6.92 Å². The standard InChI is InChI=1S/C10H16ClNO/c1-7(2)4-5-10-9(6-11)8(3)12-13-10/h7H,4-6H2,1-3H3. The highest BCUT2D eigenvalue weighted by Crippen LogP contribution is 2.18. The van der Waals surface area contributed by atoms with Crippen LogP contribution in [-0.2, 0) is 12.3 Å². The Labute approximate surface area is 84.3 Å². The lowest BCUT2D eigenvalue weighted by Gasteiger charge is -2.02. The molecule has 13 heavy (non-hydrogen) atoms. The zero-order chi connectivity index (χ0) is 9.84. The van der Waals surface area contributed by atoms with Crippen LogP contribution in [0.25, 0.3) is 0 Å². The van der Waals surface area contributed by atoms with Crippen LogP contribution in [0.1, 0.15) is 37.3 Å². The lowest BCUT2D eigenvalue weighted by Crippen LogP contribution is -1.93. The quantitative estimate of drug-likeness (QED) is 0.699. The third kappa shape index (κ3) is 2.73. The van der Waals surface area contributed by atoms with E-state index in [-0.39, 0.29) is 0 Å². The molecule has 0 radical (unpaired) electrons. The second kappa shape index (κ2) is 4.66. The summed E-state index contributed by atoms with van der Waals surface area (Å²) in [5.74, 6) is 2.15. The van der Waals surface area contributed by atoms with E-state index in [1.54, 1.807) is 0 Å². The first-order valence-electron chi connectivity index (χ1n) is 4.65. The third-order valence-electron chi connectivity index (χ3n) is 2.15. The summed E-state index contributed by atoms with van der Waals surface area (Å²) in [6, 6.07) is 0. The van der Waals surface area contributed by atoms with Gasteiger partial charge in [0.1, 0.15) is 5.76 Å². The number of aryl methyl sites for hydroxylation is 2. The molecule has 2 nitrogen and oxygen atoms in total. The molecule has 0 atom stereocenters. The number of rotatable bonds is 4. The number of hydrogen-bond donors (Lipinski definition) is 0. The second-order valence-electron chi connectivity index (χ2n) is 3.74. The highest BCUT2D eigenvalue weighted by molar-refractivity contribution is 6.17. The molecule has 0 aromatic carbocycles. The van der Waals surface area contributed by atoms with Crippen molar-refractivity contribution >= 4 is 11.6 Å². The van der Waals surface area contributed by atoms with E-state index >= 15 is 0 Å². The molecule has 1 aromatic heterocycles. The van der Waals surface area contributed by atoms with Crippen molar-refractivity contribution < 1.29 is 4.52 Å².